The summed E-state index contributed by atoms with van der Waals surface area (Å²) < 4.78 is 25.3. The monoisotopic (exact) mass is 454 g/mol. The predicted octanol–water partition coefficient (Wildman–Crippen LogP) is 3.30. The summed E-state index contributed by atoms with van der Waals surface area (Å²) in [5.41, 5.74) is 2.24. The number of benzene rings is 2. The third-order valence-electron chi connectivity index (χ3n) is 4.51. The maximum atomic E-state index is 14.4. The van der Waals surface area contributed by atoms with Crippen LogP contribution in [0.2, 0.25) is 0 Å². The molecule has 33 heavy (non-hydrogen) atoms. The maximum absolute atomic E-state index is 14.4. The molecule has 3 N–H and O–H groups in total. The summed E-state index contributed by atoms with van der Waals surface area (Å²) >= 11 is 0. The van der Waals surface area contributed by atoms with Gasteiger partial charge in [0, 0.05) is 36.6 Å². The van der Waals surface area contributed by atoms with Crippen LogP contribution < -0.4 is 25.4 Å². The minimum absolute atomic E-state index is 0.0282. The van der Waals surface area contributed by atoms with Crippen molar-refractivity contribution in [3.05, 3.63) is 60.0 Å². The first-order valence-electron chi connectivity index (χ1n) is 10.2. The molecule has 0 saturated carbocycles. The smallest absolute Gasteiger partial charge is 0.257 e. The summed E-state index contributed by atoms with van der Waals surface area (Å²) in [6.07, 6.45) is 1.09. The average molecular weight is 455 g/mol. The standard InChI is InChI=1S/C23H27FN6O3/c1-25-21(31)14-33-18-7-5-6-16(11-18)28-23-26-12-19(24)22(29-23)27-17-8-9-20(32-4)15(10-17)13-30(2)3/h5-12H,13-14H2,1-4H3,(H,25,31)(H2,26,27,28,29). The van der Waals surface area contributed by atoms with Crippen LogP contribution in [0.15, 0.2) is 48.7 Å². The van der Waals surface area contributed by atoms with E-state index >= 15 is 0 Å². The lowest BCUT2D eigenvalue weighted by Gasteiger charge is -2.16. The SMILES string of the molecule is CNC(=O)COc1cccc(Nc2ncc(F)c(Nc3ccc(OC)c(CN(C)C)c3)n2)c1. The maximum Gasteiger partial charge on any atom is 0.257 e. The van der Waals surface area contributed by atoms with Crippen LogP contribution in [0.25, 0.3) is 0 Å². The molecule has 0 atom stereocenters. The molecule has 10 heteroatoms. The summed E-state index contributed by atoms with van der Waals surface area (Å²) in [4.78, 5) is 21.6. The van der Waals surface area contributed by atoms with Crippen molar-refractivity contribution in [2.45, 2.75) is 6.54 Å². The lowest BCUT2D eigenvalue weighted by atomic mass is 10.1. The number of likely N-dealkylation sites (N-methyl/N-ethyl adjacent to an activating group) is 1. The molecule has 0 unspecified atom stereocenters. The molecule has 0 fully saturated rings. The molecular formula is C23H27FN6O3. The Balaban J connectivity index is 1.76. The van der Waals surface area contributed by atoms with Crippen molar-refractivity contribution in [3.8, 4) is 11.5 Å². The van der Waals surface area contributed by atoms with Crippen LogP contribution in [0.3, 0.4) is 0 Å². The molecule has 0 aliphatic rings. The van der Waals surface area contributed by atoms with Gasteiger partial charge in [0.05, 0.1) is 13.3 Å². The second-order valence-corrected chi connectivity index (χ2v) is 7.39. The Morgan fingerprint density at radius 2 is 1.91 bits per heavy atom. The molecular weight excluding hydrogens is 427 g/mol. The number of aromatic nitrogens is 2. The van der Waals surface area contributed by atoms with Crippen LogP contribution in [0.4, 0.5) is 27.5 Å². The van der Waals surface area contributed by atoms with E-state index in [1.54, 1.807) is 37.4 Å². The predicted molar refractivity (Wildman–Crippen MR) is 125 cm³/mol. The number of carbonyl (C=O) groups is 1. The number of ether oxygens (including phenoxy) is 2. The molecule has 3 aromatic rings. The van der Waals surface area contributed by atoms with E-state index in [0.29, 0.717) is 23.7 Å². The van der Waals surface area contributed by atoms with Gasteiger partial charge in [0.15, 0.2) is 18.2 Å². The Labute approximate surface area is 192 Å². The fraction of sp³-hybridized carbons (Fsp3) is 0.261. The first kappa shape index (κ1) is 23.7. The van der Waals surface area contributed by atoms with Crippen molar-refractivity contribution in [3.63, 3.8) is 0 Å². The number of hydrogen-bond donors (Lipinski definition) is 3. The van der Waals surface area contributed by atoms with E-state index in [-0.39, 0.29) is 24.3 Å². The van der Waals surface area contributed by atoms with Gasteiger partial charge in [-0.15, -0.1) is 0 Å². The largest absolute Gasteiger partial charge is 0.496 e. The number of nitrogens with zero attached hydrogens (tertiary/aromatic N) is 3. The van der Waals surface area contributed by atoms with E-state index in [9.17, 15) is 9.18 Å². The summed E-state index contributed by atoms with van der Waals surface area (Å²) in [6, 6.07) is 12.5. The van der Waals surface area contributed by atoms with Crippen molar-refractivity contribution >= 4 is 29.0 Å². The van der Waals surface area contributed by atoms with E-state index in [1.165, 1.54) is 7.05 Å². The first-order chi connectivity index (χ1) is 15.9. The molecule has 3 rings (SSSR count). The molecule has 0 aliphatic heterocycles. The Morgan fingerprint density at radius 1 is 1.12 bits per heavy atom. The number of carbonyl (C=O) groups excluding carboxylic acids is 1. The van der Waals surface area contributed by atoms with Gasteiger partial charge >= 0.3 is 0 Å². The Morgan fingerprint density at radius 3 is 2.64 bits per heavy atom. The van der Waals surface area contributed by atoms with Crippen LogP contribution in [-0.4, -0.2) is 55.6 Å². The number of amides is 1. The zero-order valence-corrected chi connectivity index (χ0v) is 19.0. The lowest BCUT2D eigenvalue weighted by Crippen LogP contribution is -2.24. The molecule has 1 heterocycles. The molecule has 9 nitrogen and oxygen atoms in total. The quantitative estimate of drug-likeness (QED) is 0.429. The van der Waals surface area contributed by atoms with E-state index in [0.717, 1.165) is 17.5 Å². The van der Waals surface area contributed by atoms with Crippen LogP contribution in [0, 0.1) is 5.82 Å². The average Bonchev–Trinajstić information content (AvgIpc) is 2.80. The molecule has 0 bridgehead atoms. The lowest BCUT2D eigenvalue weighted by molar-refractivity contribution is -0.122. The van der Waals surface area contributed by atoms with Gasteiger partial charge in [0.2, 0.25) is 5.95 Å². The minimum atomic E-state index is -0.590. The van der Waals surface area contributed by atoms with Gasteiger partial charge in [-0.3, -0.25) is 4.79 Å². The molecule has 0 saturated heterocycles. The summed E-state index contributed by atoms with van der Waals surface area (Å²) in [7, 11) is 7.07. The van der Waals surface area contributed by atoms with Gasteiger partial charge in [0.1, 0.15) is 11.5 Å². The molecule has 174 valence electrons. The van der Waals surface area contributed by atoms with E-state index in [1.807, 2.05) is 31.1 Å². The molecule has 1 amide bonds. The minimum Gasteiger partial charge on any atom is -0.496 e. The third kappa shape index (κ3) is 6.78. The van der Waals surface area contributed by atoms with Crippen molar-refractivity contribution < 1.29 is 18.7 Å². The zero-order chi connectivity index (χ0) is 23.8. The van der Waals surface area contributed by atoms with Crippen LogP contribution in [-0.2, 0) is 11.3 Å². The zero-order valence-electron chi connectivity index (χ0n) is 19.0. The number of nitrogens with one attached hydrogen (secondary N) is 3. The Bertz CT molecular complexity index is 1110. The second-order valence-electron chi connectivity index (χ2n) is 7.39. The molecule has 0 radical (unpaired) electrons. The fourth-order valence-electron chi connectivity index (χ4n) is 2.99. The molecule has 0 spiro atoms. The molecule has 2 aromatic carbocycles. The highest BCUT2D eigenvalue weighted by molar-refractivity contribution is 5.77. The van der Waals surface area contributed by atoms with E-state index < -0.39 is 5.82 Å². The number of halogens is 1. The third-order valence-corrected chi connectivity index (χ3v) is 4.51. The van der Waals surface area contributed by atoms with Crippen LogP contribution >= 0.6 is 0 Å². The summed E-state index contributed by atoms with van der Waals surface area (Å²) in [6.45, 7) is 0.564. The number of hydrogen-bond acceptors (Lipinski definition) is 8. The van der Waals surface area contributed by atoms with Gasteiger partial charge < -0.3 is 30.3 Å². The van der Waals surface area contributed by atoms with Gasteiger partial charge in [-0.05, 0) is 44.4 Å². The highest BCUT2D eigenvalue weighted by atomic mass is 19.1. The number of anilines is 4. The molecule has 0 aliphatic carbocycles. The Hall–Kier alpha value is -3.92. The van der Waals surface area contributed by atoms with Gasteiger partial charge in [-0.1, -0.05) is 6.07 Å². The van der Waals surface area contributed by atoms with Crippen molar-refractivity contribution in [1.82, 2.24) is 20.2 Å². The number of rotatable bonds is 10. The summed E-state index contributed by atoms with van der Waals surface area (Å²) in [5, 5.41) is 8.51. The Kier molecular flexibility index (Phi) is 7.98. The van der Waals surface area contributed by atoms with Crippen LogP contribution in [0.5, 0.6) is 11.5 Å². The van der Waals surface area contributed by atoms with E-state index in [2.05, 4.69) is 25.9 Å². The fourth-order valence-corrected chi connectivity index (χ4v) is 2.99. The highest BCUT2D eigenvalue weighted by Crippen LogP contribution is 2.27. The highest BCUT2D eigenvalue weighted by Gasteiger charge is 2.11. The summed E-state index contributed by atoms with van der Waals surface area (Å²) in [5.74, 6) is 0.644. The normalized spacial score (nSPS) is 10.6. The number of methoxy groups -OCH3 is 1. The van der Waals surface area contributed by atoms with Crippen molar-refractivity contribution in [2.75, 3.05) is 45.5 Å². The topological polar surface area (TPSA) is 101 Å². The first-order valence-corrected chi connectivity index (χ1v) is 10.2. The van der Waals surface area contributed by atoms with Crippen LogP contribution in [0.1, 0.15) is 5.56 Å². The van der Waals surface area contributed by atoms with E-state index in [4.69, 9.17) is 9.47 Å². The van der Waals surface area contributed by atoms with Gasteiger partial charge in [-0.25, -0.2) is 9.37 Å². The van der Waals surface area contributed by atoms with Gasteiger partial charge in [0.25, 0.3) is 5.91 Å². The van der Waals surface area contributed by atoms with Crippen molar-refractivity contribution in [1.29, 1.82) is 0 Å². The second kappa shape index (κ2) is 11.1. The molecule has 1 aromatic heterocycles. The van der Waals surface area contributed by atoms with Crippen molar-refractivity contribution in [2.24, 2.45) is 0 Å². The van der Waals surface area contributed by atoms with Gasteiger partial charge in [-0.2, -0.15) is 4.98 Å².